The average molecular weight is 1080 g/mol. The maximum absolute atomic E-state index is 3.50. The van der Waals surface area contributed by atoms with Crippen molar-refractivity contribution in [3.63, 3.8) is 0 Å². The van der Waals surface area contributed by atoms with E-state index in [0.717, 1.165) is 0 Å². The first-order chi connectivity index (χ1) is 37.7. The van der Waals surface area contributed by atoms with E-state index in [9.17, 15) is 0 Å². The third-order valence-electron chi connectivity index (χ3n) is 13.1. The van der Waals surface area contributed by atoms with Crippen molar-refractivity contribution in [2.75, 3.05) is 28.2 Å². The van der Waals surface area contributed by atoms with Crippen molar-refractivity contribution < 1.29 is 21.1 Å². The summed E-state index contributed by atoms with van der Waals surface area (Å²) in [5, 5.41) is 7.00. The van der Waals surface area contributed by atoms with E-state index in [0.29, 0.717) is 0 Å². The number of nitrogens with zero attached hydrogens (tertiary/aromatic N) is 2. The van der Waals surface area contributed by atoms with Gasteiger partial charge in [0.2, 0.25) is 0 Å². The molecule has 0 heterocycles. The molecule has 0 aliphatic rings. The normalized spacial score (nSPS) is 10.3. The van der Waals surface area contributed by atoms with Crippen LogP contribution in [-0.4, -0.2) is 28.2 Å². The molecule has 0 bridgehead atoms. The average Bonchev–Trinajstić information content (AvgIpc) is 4.11. The molecule has 0 N–H and O–H groups in total. The molecule has 3 heteroatoms. The van der Waals surface area contributed by atoms with Crippen LogP contribution in [0.15, 0.2) is 303 Å². The summed E-state index contributed by atoms with van der Waals surface area (Å²) in [6.45, 7) is 0. The molecule has 77 heavy (non-hydrogen) atoms. The summed E-state index contributed by atoms with van der Waals surface area (Å²) < 4.78 is 0. The van der Waals surface area contributed by atoms with Crippen LogP contribution in [0, 0.1) is 0 Å². The first-order valence-corrected chi connectivity index (χ1v) is 25.9. The van der Waals surface area contributed by atoms with Crippen LogP contribution < -0.4 is 0 Å². The van der Waals surface area contributed by atoms with E-state index in [1.807, 2.05) is 0 Å². The second-order valence-electron chi connectivity index (χ2n) is 18.3. The van der Waals surface area contributed by atoms with E-state index < -0.39 is 0 Å². The Labute approximate surface area is 471 Å². The Balaban J connectivity index is 0.000000183. The van der Waals surface area contributed by atoms with Crippen LogP contribution in [-0.2, 0) is 21.1 Å². The Morgan fingerprint density at radius 2 is 0.325 bits per heavy atom. The molecule has 0 spiro atoms. The third-order valence-corrected chi connectivity index (χ3v) is 13.1. The van der Waals surface area contributed by atoms with Crippen molar-refractivity contribution in [1.82, 2.24) is 0 Å². The Bertz CT molecular complexity index is 2760. The number of rotatable bonds is 10. The van der Waals surface area contributed by atoms with Gasteiger partial charge in [0, 0.05) is 0 Å². The topological polar surface area (TPSA) is 28.2 Å². The maximum atomic E-state index is 3.50. The first-order valence-electron chi connectivity index (χ1n) is 25.9. The predicted molar refractivity (Wildman–Crippen MR) is 329 cm³/mol. The molecule has 12 rings (SSSR count). The molecule has 0 radical (unpaired) electrons. The summed E-state index contributed by atoms with van der Waals surface area (Å²) in [6, 6.07) is 108. The van der Waals surface area contributed by atoms with Crippen molar-refractivity contribution in [3.8, 4) is 111 Å². The van der Waals surface area contributed by atoms with Crippen LogP contribution in [0.3, 0.4) is 0 Å². The van der Waals surface area contributed by atoms with E-state index in [2.05, 4.69) is 314 Å². The molecule has 0 saturated heterocycles. The van der Waals surface area contributed by atoms with Crippen molar-refractivity contribution >= 4 is 0 Å². The van der Waals surface area contributed by atoms with Crippen LogP contribution in [0.1, 0.15) is 0 Å². The van der Waals surface area contributed by atoms with Crippen molar-refractivity contribution in [1.29, 1.82) is 0 Å². The molecule has 0 fully saturated rings. The van der Waals surface area contributed by atoms with E-state index in [1.54, 1.807) is 28.2 Å². The van der Waals surface area contributed by atoms with Gasteiger partial charge in [-0.2, -0.15) is 28.2 Å². The van der Waals surface area contributed by atoms with Gasteiger partial charge in [-0.1, -0.05) is 392 Å². The Kier molecular flexibility index (Phi) is 19.8. The van der Waals surface area contributed by atoms with Crippen LogP contribution in [0.25, 0.3) is 122 Å². The summed E-state index contributed by atoms with van der Waals surface area (Å²) in [5.41, 5.74) is 25.0. The molecule has 0 amide bonds. The Hall–Kier alpha value is -8.49. The van der Waals surface area contributed by atoms with E-state index >= 15 is 0 Å². The van der Waals surface area contributed by atoms with Crippen molar-refractivity contribution in [2.24, 2.45) is 0 Å². The van der Waals surface area contributed by atoms with Gasteiger partial charge in [-0.25, -0.2) is 0 Å². The second-order valence-corrected chi connectivity index (χ2v) is 18.3. The van der Waals surface area contributed by atoms with Gasteiger partial charge in [0.1, 0.15) is 0 Å². The largest absolute Gasteiger partial charge is 4.00 e. The van der Waals surface area contributed by atoms with Crippen LogP contribution in [0.2, 0.25) is 0 Å². The third kappa shape index (κ3) is 12.6. The molecule has 2 nitrogen and oxygen atoms in total. The summed E-state index contributed by atoms with van der Waals surface area (Å²) in [7, 11) is 7.00. The van der Waals surface area contributed by atoms with Gasteiger partial charge >= 0.3 is 21.1 Å². The molecule has 0 aliphatic carbocycles. The van der Waals surface area contributed by atoms with Crippen molar-refractivity contribution in [2.45, 2.75) is 0 Å². The fourth-order valence-electron chi connectivity index (χ4n) is 10.2. The van der Waals surface area contributed by atoms with Gasteiger partial charge in [-0.15, -0.1) is 0 Å². The molecule has 0 atom stereocenters. The number of hydrogen-bond acceptors (Lipinski definition) is 0. The van der Waals surface area contributed by atoms with E-state index in [4.69, 9.17) is 0 Å². The Morgan fingerprint density at radius 3 is 0.481 bits per heavy atom. The quantitative estimate of drug-likeness (QED) is 0.0965. The molecular formula is C74H62MoN2. The molecule has 12 aromatic rings. The summed E-state index contributed by atoms with van der Waals surface area (Å²) >= 11 is 0. The molecule has 0 aliphatic heterocycles. The standard InChI is InChI=1S/2C35H25.2C2H6N.Mo/c2*1-6-16-26(17-7-1)31-32(27-18-8-2-9-19-27)34(29-22-12-4-13-23-29)35(30-24-14-5-15-25-30)33(31)28-20-10-3-11-21-28;2*1-3-2;/h2*1-25H;2*1-2H3;/q4*-1;+4. The van der Waals surface area contributed by atoms with Crippen LogP contribution in [0.4, 0.5) is 0 Å². The molecule has 12 aromatic carbocycles. The van der Waals surface area contributed by atoms with E-state index in [1.165, 1.54) is 111 Å². The van der Waals surface area contributed by atoms with Gasteiger partial charge < -0.3 is 10.6 Å². The monoisotopic (exact) mass is 1080 g/mol. The smallest absolute Gasteiger partial charge is 0.668 e. The van der Waals surface area contributed by atoms with Gasteiger partial charge in [-0.3, -0.25) is 0 Å². The summed E-state index contributed by atoms with van der Waals surface area (Å²) in [4.78, 5) is 0. The first kappa shape index (κ1) is 54.8. The SMILES string of the molecule is C[N-]C.C[N-]C.[Mo+4].c1ccc(-c2c(-c3ccccc3)c(-c3ccccc3)[c-](-c3ccccc3)c2-c2ccccc2)cc1.c1ccc(-c2c(-c3ccccc3)c(-c3ccccc3)[c-](-c3ccccc3)c2-c2ccccc2)cc1. The molecule has 0 aromatic heterocycles. The van der Waals surface area contributed by atoms with Crippen molar-refractivity contribution in [3.05, 3.63) is 314 Å². The van der Waals surface area contributed by atoms with Crippen LogP contribution >= 0.6 is 0 Å². The molecule has 0 unspecified atom stereocenters. The number of hydrogen-bond donors (Lipinski definition) is 0. The fraction of sp³-hybridized carbons (Fsp3) is 0.0541. The summed E-state index contributed by atoms with van der Waals surface area (Å²) in [5.74, 6) is 0. The summed E-state index contributed by atoms with van der Waals surface area (Å²) in [6.07, 6.45) is 0. The second kappa shape index (κ2) is 27.9. The Morgan fingerprint density at radius 1 is 0.195 bits per heavy atom. The van der Waals surface area contributed by atoms with Gasteiger partial charge in [-0.05, 0) is 22.3 Å². The van der Waals surface area contributed by atoms with Gasteiger partial charge in [0.15, 0.2) is 0 Å². The molecule has 374 valence electrons. The minimum Gasteiger partial charge on any atom is -0.668 e. The maximum Gasteiger partial charge on any atom is 4.00 e. The minimum absolute atomic E-state index is 0. The molecule has 0 saturated carbocycles. The minimum atomic E-state index is 0. The van der Waals surface area contributed by atoms with Crippen LogP contribution in [0.5, 0.6) is 0 Å². The predicted octanol–water partition coefficient (Wildman–Crippen LogP) is 20.7. The zero-order valence-corrected chi connectivity index (χ0v) is 46.2. The zero-order chi connectivity index (χ0) is 52.3. The van der Waals surface area contributed by atoms with E-state index in [-0.39, 0.29) is 21.1 Å². The van der Waals surface area contributed by atoms with Gasteiger partial charge in [0.05, 0.1) is 0 Å². The zero-order valence-electron chi connectivity index (χ0n) is 44.2. The number of benzene rings is 10. The van der Waals surface area contributed by atoms with Gasteiger partial charge in [0.25, 0.3) is 0 Å². The molecular weight excluding hydrogens is 1010 g/mol. The fourth-order valence-corrected chi connectivity index (χ4v) is 10.2.